The molecule has 0 bridgehead atoms. The van der Waals surface area contributed by atoms with Crippen molar-refractivity contribution in [3.8, 4) is 0 Å². The highest BCUT2D eigenvalue weighted by atomic mass is 35.7. The van der Waals surface area contributed by atoms with Crippen LogP contribution in [0.1, 0.15) is 87.5 Å². The van der Waals surface area contributed by atoms with Crippen LogP contribution in [0.15, 0.2) is 24.3 Å². The molecule has 0 N–H and O–H groups in total. The Hall–Kier alpha value is -0.720. The van der Waals surface area contributed by atoms with Gasteiger partial charge < -0.3 is 4.74 Å². The fourth-order valence-electron chi connectivity index (χ4n) is 3.48. The van der Waals surface area contributed by atoms with Gasteiger partial charge in [0.2, 0.25) is 9.05 Å². The van der Waals surface area contributed by atoms with Crippen molar-refractivity contribution in [1.82, 2.24) is 0 Å². The number of thioether (sulfide) groups is 1. The summed E-state index contributed by atoms with van der Waals surface area (Å²) in [4.78, 5) is 12.3. The van der Waals surface area contributed by atoms with Crippen LogP contribution in [0.3, 0.4) is 0 Å². The fraction of sp³-hybridized carbons (Fsp3) is 0.696. The Balaban J connectivity index is 2.50. The van der Waals surface area contributed by atoms with Crippen LogP contribution >= 0.6 is 22.4 Å². The lowest BCUT2D eigenvalue weighted by Crippen LogP contribution is -2.15. The van der Waals surface area contributed by atoms with Gasteiger partial charge in [0.1, 0.15) is 5.25 Å². The molecule has 0 aliphatic rings. The molecule has 0 radical (unpaired) electrons. The molecule has 0 aliphatic carbocycles. The summed E-state index contributed by atoms with van der Waals surface area (Å²) in [6.45, 7) is 2.24. The number of aryl methyl sites for hydroxylation is 1. The second-order valence-electron chi connectivity index (χ2n) is 7.65. The van der Waals surface area contributed by atoms with Gasteiger partial charge in [-0.25, -0.2) is 8.42 Å². The molecular formula is C23H37ClO4S2. The van der Waals surface area contributed by atoms with Crippen molar-refractivity contribution in [3.63, 3.8) is 0 Å². The Kier molecular flexibility index (Phi) is 14.6. The highest BCUT2D eigenvalue weighted by molar-refractivity contribution is 8.14. The van der Waals surface area contributed by atoms with Gasteiger partial charge in [-0.15, -0.1) is 11.8 Å². The number of unbranched alkanes of at least 4 members (excludes halogenated alkanes) is 9. The lowest BCUT2D eigenvalue weighted by molar-refractivity contribution is -0.140. The molecule has 172 valence electrons. The van der Waals surface area contributed by atoms with Gasteiger partial charge >= 0.3 is 5.97 Å². The first kappa shape index (κ1) is 27.3. The lowest BCUT2D eigenvalue weighted by atomic mass is 9.98. The first-order valence-corrected chi connectivity index (χ1v) is 14.6. The van der Waals surface area contributed by atoms with Crippen LogP contribution in [0.4, 0.5) is 0 Å². The van der Waals surface area contributed by atoms with Crippen LogP contribution < -0.4 is 0 Å². The average Bonchev–Trinajstić information content (AvgIpc) is 2.72. The first-order valence-electron chi connectivity index (χ1n) is 11.1. The Morgan fingerprint density at radius 2 is 1.57 bits per heavy atom. The third-order valence-electron chi connectivity index (χ3n) is 5.16. The van der Waals surface area contributed by atoms with Gasteiger partial charge in [0, 0.05) is 16.4 Å². The highest BCUT2D eigenvalue weighted by Gasteiger charge is 2.25. The van der Waals surface area contributed by atoms with Gasteiger partial charge in [-0.3, -0.25) is 4.79 Å². The molecule has 7 heteroatoms. The molecule has 0 heterocycles. The van der Waals surface area contributed by atoms with E-state index < -0.39 is 14.3 Å². The van der Waals surface area contributed by atoms with Crippen molar-refractivity contribution in [2.45, 2.75) is 82.8 Å². The number of esters is 1. The molecule has 0 aromatic heterocycles. The maximum absolute atomic E-state index is 12.3. The molecule has 30 heavy (non-hydrogen) atoms. The minimum absolute atomic E-state index is 0.173. The molecule has 0 saturated carbocycles. The number of hydrogen-bond acceptors (Lipinski definition) is 5. The molecule has 1 aromatic rings. The van der Waals surface area contributed by atoms with Gasteiger partial charge in [0.05, 0.1) is 12.9 Å². The van der Waals surface area contributed by atoms with Crippen molar-refractivity contribution in [3.05, 3.63) is 35.4 Å². The van der Waals surface area contributed by atoms with Gasteiger partial charge in [0.15, 0.2) is 0 Å². The summed E-state index contributed by atoms with van der Waals surface area (Å²) in [5.74, 6) is -0.284. The monoisotopic (exact) mass is 476 g/mol. The van der Waals surface area contributed by atoms with Gasteiger partial charge in [-0.2, -0.15) is 0 Å². The van der Waals surface area contributed by atoms with Gasteiger partial charge in [-0.1, -0.05) is 89.0 Å². The number of halogens is 1. The lowest BCUT2D eigenvalue weighted by Gasteiger charge is -2.18. The molecular weight excluding hydrogens is 440 g/mol. The smallest absolute Gasteiger partial charge is 0.323 e. The zero-order chi connectivity index (χ0) is 22.2. The molecule has 0 amide bonds. The maximum atomic E-state index is 12.3. The standard InChI is InChI=1S/C23H37ClO4S2/c1-3-4-5-6-7-8-9-10-11-12-15-20-16-13-14-17-21(20)22(23(25)28-2)29-18-19-30(24,26)27/h13-14,16-17,22H,3-12,15,18-19H2,1-2H3. The summed E-state index contributed by atoms with van der Waals surface area (Å²) in [5.41, 5.74) is 2.05. The Morgan fingerprint density at radius 3 is 2.13 bits per heavy atom. The molecule has 0 spiro atoms. The van der Waals surface area contributed by atoms with E-state index in [-0.39, 0.29) is 17.5 Å². The van der Waals surface area contributed by atoms with Crippen LogP contribution in [-0.2, 0) is 25.0 Å². The minimum atomic E-state index is -3.58. The van der Waals surface area contributed by atoms with Crippen LogP contribution in [0, 0.1) is 0 Å². The highest BCUT2D eigenvalue weighted by Crippen LogP contribution is 2.33. The zero-order valence-corrected chi connectivity index (χ0v) is 20.8. The third kappa shape index (κ3) is 12.2. The van der Waals surface area contributed by atoms with Gasteiger partial charge in [-0.05, 0) is 24.0 Å². The van der Waals surface area contributed by atoms with Crippen molar-refractivity contribution >= 4 is 37.5 Å². The van der Waals surface area contributed by atoms with Crippen LogP contribution in [0.5, 0.6) is 0 Å². The molecule has 1 unspecified atom stereocenters. The van der Waals surface area contributed by atoms with E-state index in [4.69, 9.17) is 15.4 Å². The van der Waals surface area contributed by atoms with E-state index in [1.165, 1.54) is 76.7 Å². The molecule has 1 atom stereocenters. The zero-order valence-electron chi connectivity index (χ0n) is 18.4. The van der Waals surface area contributed by atoms with E-state index in [9.17, 15) is 13.2 Å². The largest absolute Gasteiger partial charge is 0.468 e. The van der Waals surface area contributed by atoms with Gasteiger partial charge in [0.25, 0.3) is 0 Å². The average molecular weight is 477 g/mol. The number of carbonyl (C=O) groups is 1. The summed E-state index contributed by atoms with van der Waals surface area (Å²) in [7, 11) is 3.08. The third-order valence-corrected chi connectivity index (χ3v) is 7.80. The number of carbonyl (C=O) groups excluding carboxylic acids is 1. The number of ether oxygens (including phenoxy) is 1. The maximum Gasteiger partial charge on any atom is 0.323 e. The topological polar surface area (TPSA) is 60.4 Å². The predicted octanol–water partition coefficient (Wildman–Crippen LogP) is 6.67. The predicted molar refractivity (Wildman–Crippen MR) is 129 cm³/mol. The van der Waals surface area contributed by atoms with Crippen molar-refractivity contribution < 1.29 is 17.9 Å². The number of benzene rings is 1. The molecule has 0 aliphatic heterocycles. The van der Waals surface area contributed by atoms with Crippen molar-refractivity contribution in [2.24, 2.45) is 0 Å². The molecule has 0 fully saturated rings. The van der Waals surface area contributed by atoms with E-state index in [0.29, 0.717) is 0 Å². The summed E-state index contributed by atoms with van der Waals surface area (Å²) in [5, 5.41) is -0.535. The van der Waals surface area contributed by atoms with E-state index in [2.05, 4.69) is 13.0 Å². The van der Waals surface area contributed by atoms with Crippen molar-refractivity contribution in [1.29, 1.82) is 0 Å². The summed E-state index contributed by atoms with van der Waals surface area (Å²) in [6.07, 6.45) is 13.8. The molecule has 1 rings (SSSR count). The van der Waals surface area contributed by atoms with Crippen molar-refractivity contribution in [2.75, 3.05) is 18.6 Å². The second kappa shape index (κ2) is 16.0. The Bertz CT molecular complexity index is 707. The van der Waals surface area contributed by atoms with E-state index >= 15 is 0 Å². The Labute approximate surface area is 191 Å². The molecule has 1 aromatic carbocycles. The van der Waals surface area contributed by atoms with E-state index in [1.807, 2.05) is 18.2 Å². The normalized spacial score (nSPS) is 12.6. The van der Waals surface area contributed by atoms with Crippen LogP contribution in [0.25, 0.3) is 0 Å². The summed E-state index contributed by atoms with van der Waals surface area (Å²) < 4.78 is 27.4. The van der Waals surface area contributed by atoms with E-state index in [0.717, 1.165) is 24.0 Å². The SMILES string of the molecule is CCCCCCCCCCCCc1ccccc1C(SCCS(=O)(=O)Cl)C(=O)OC. The molecule has 0 saturated heterocycles. The van der Waals surface area contributed by atoms with Crippen LogP contribution in [-0.4, -0.2) is 33.0 Å². The second-order valence-corrected chi connectivity index (χ2v) is 11.8. The molecule has 4 nitrogen and oxygen atoms in total. The quantitative estimate of drug-likeness (QED) is 0.143. The number of methoxy groups -OCH3 is 1. The summed E-state index contributed by atoms with van der Waals surface area (Å²) >= 11 is 1.27. The number of hydrogen-bond donors (Lipinski definition) is 0. The first-order chi connectivity index (χ1) is 14.4. The number of rotatable bonds is 17. The minimum Gasteiger partial charge on any atom is -0.468 e. The van der Waals surface area contributed by atoms with E-state index in [1.54, 1.807) is 0 Å². The summed E-state index contributed by atoms with van der Waals surface area (Å²) in [6, 6.07) is 7.89. The fourth-order valence-corrected chi connectivity index (χ4v) is 6.10. The Morgan fingerprint density at radius 1 is 1.00 bits per heavy atom. The van der Waals surface area contributed by atoms with Crippen LogP contribution in [0.2, 0.25) is 0 Å².